The molecule has 0 saturated heterocycles. The lowest BCUT2D eigenvalue weighted by Gasteiger charge is -2.04. The summed E-state index contributed by atoms with van der Waals surface area (Å²) in [5.74, 6) is 1.17. The van der Waals surface area contributed by atoms with Crippen molar-refractivity contribution in [2.24, 2.45) is 0 Å². The molecular weight excluding hydrogens is 314 g/mol. The van der Waals surface area contributed by atoms with Crippen molar-refractivity contribution in [3.8, 4) is 16.5 Å². The Labute approximate surface area is 131 Å². The second kappa shape index (κ2) is 6.74. The third-order valence-electron chi connectivity index (χ3n) is 2.88. The van der Waals surface area contributed by atoms with E-state index >= 15 is 0 Å². The van der Waals surface area contributed by atoms with E-state index in [0.29, 0.717) is 24.2 Å². The van der Waals surface area contributed by atoms with Crippen molar-refractivity contribution >= 4 is 23.7 Å². The van der Waals surface area contributed by atoms with E-state index in [-0.39, 0.29) is 12.4 Å². The fourth-order valence-electron chi connectivity index (χ4n) is 1.72. The number of tetrazole rings is 1. The lowest BCUT2D eigenvalue weighted by molar-refractivity contribution is 0.419. The van der Waals surface area contributed by atoms with Crippen LogP contribution in [0.25, 0.3) is 16.5 Å². The molecule has 3 aromatic heterocycles. The number of nitrogens with zero attached hydrogens (tertiary/aromatic N) is 6. The van der Waals surface area contributed by atoms with Crippen molar-refractivity contribution in [2.75, 3.05) is 7.05 Å². The van der Waals surface area contributed by atoms with E-state index in [1.807, 2.05) is 18.5 Å². The molecule has 3 heterocycles. The first-order valence-corrected chi connectivity index (χ1v) is 6.97. The first-order chi connectivity index (χ1) is 9.78. The van der Waals surface area contributed by atoms with E-state index in [1.165, 1.54) is 17.7 Å². The molecule has 0 fully saturated rings. The number of aromatic nitrogens is 6. The van der Waals surface area contributed by atoms with Crippen LogP contribution in [0.15, 0.2) is 22.3 Å². The zero-order valence-electron chi connectivity index (χ0n) is 11.4. The molecule has 0 bridgehead atoms. The molecule has 112 valence electrons. The molecule has 0 spiro atoms. The van der Waals surface area contributed by atoms with Gasteiger partial charge in [-0.2, -0.15) is 9.67 Å². The smallest absolute Gasteiger partial charge is 0.270 e. The lowest BCUT2D eigenvalue weighted by Crippen LogP contribution is -2.24. The summed E-state index contributed by atoms with van der Waals surface area (Å²) in [4.78, 5) is 5.28. The normalized spacial score (nSPS) is 12.1. The highest BCUT2D eigenvalue weighted by molar-refractivity contribution is 7.14. The third kappa shape index (κ3) is 3.26. The molecular formula is C11H14ClN7OS. The highest BCUT2D eigenvalue weighted by atomic mass is 35.5. The van der Waals surface area contributed by atoms with Gasteiger partial charge in [-0.3, -0.25) is 0 Å². The molecule has 0 saturated carbocycles. The van der Waals surface area contributed by atoms with Crippen molar-refractivity contribution in [1.82, 2.24) is 35.7 Å². The van der Waals surface area contributed by atoms with E-state index < -0.39 is 0 Å². The Hall–Kier alpha value is -1.84. The summed E-state index contributed by atoms with van der Waals surface area (Å²) in [6.45, 7) is 2.06. The van der Waals surface area contributed by atoms with Gasteiger partial charge in [0, 0.05) is 12.5 Å². The van der Waals surface area contributed by atoms with Gasteiger partial charge in [-0.1, -0.05) is 5.16 Å². The molecule has 10 heteroatoms. The number of hydrogen-bond donors (Lipinski definition) is 1. The van der Waals surface area contributed by atoms with Gasteiger partial charge in [0.2, 0.25) is 0 Å². The van der Waals surface area contributed by atoms with E-state index in [0.717, 1.165) is 10.6 Å². The van der Waals surface area contributed by atoms with Gasteiger partial charge in [-0.25, -0.2) is 0 Å². The lowest BCUT2D eigenvalue weighted by atomic mass is 10.2. The predicted molar refractivity (Wildman–Crippen MR) is 79.8 cm³/mol. The van der Waals surface area contributed by atoms with Crippen molar-refractivity contribution in [2.45, 2.75) is 19.4 Å². The van der Waals surface area contributed by atoms with Gasteiger partial charge in [0.25, 0.3) is 5.89 Å². The SMILES string of the molecule is CNC(C)Cc1noc(-c2sccc2-n2cnnn2)n1.Cl. The molecule has 1 N–H and O–H groups in total. The van der Waals surface area contributed by atoms with Crippen LogP contribution >= 0.6 is 23.7 Å². The molecule has 0 aromatic carbocycles. The van der Waals surface area contributed by atoms with Crippen LogP contribution in [0, 0.1) is 0 Å². The van der Waals surface area contributed by atoms with E-state index in [9.17, 15) is 0 Å². The topological polar surface area (TPSA) is 94.6 Å². The summed E-state index contributed by atoms with van der Waals surface area (Å²) in [5.41, 5.74) is 0.830. The van der Waals surface area contributed by atoms with Gasteiger partial charge >= 0.3 is 0 Å². The van der Waals surface area contributed by atoms with Gasteiger partial charge < -0.3 is 9.84 Å². The summed E-state index contributed by atoms with van der Waals surface area (Å²) >= 11 is 1.51. The maximum absolute atomic E-state index is 5.33. The van der Waals surface area contributed by atoms with Crippen molar-refractivity contribution < 1.29 is 4.52 Å². The third-order valence-corrected chi connectivity index (χ3v) is 3.78. The fraction of sp³-hybridized carbons (Fsp3) is 0.364. The van der Waals surface area contributed by atoms with Gasteiger partial charge in [0.15, 0.2) is 5.82 Å². The Morgan fingerprint density at radius 1 is 1.48 bits per heavy atom. The zero-order valence-corrected chi connectivity index (χ0v) is 13.1. The largest absolute Gasteiger partial charge is 0.333 e. The summed E-state index contributed by atoms with van der Waals surface area (Å²) in [7, 11) is 1.90. The molecule has 3 aromatic rings. The van der Waals surface area contributed by atoms with Crippen LogP contribution in [-0.2, 0) is 6.42 Å². The minimum Gasteiger partial charge on any atom is -0.333 e. The number of halogens is 1. The molecule has 0 aliphatic heterocycles. The van der Waals surface area contributed by atoms with Crippen LogP contribution in [0.4, 0.5) is 0 Å². The van der Waals surface area contributed by atoms with Crippen LogP contribution in [0.3, 0.4) is 0 Å². The number of likely N-dealkylation sites (N-methyl/N-ethyl adjacent to an activating group) is 1. The van der Waals surface area contributed by atoms with Crippen LogP contribution in [0.2, 0.25) is 0 Å². The Morgan fingerprint density at radius 2 is 2.33 bits per heavy atom. The Kier molecular flexibility index (Phi) is 4.99. The molecule has 8 nitrogen and oxygen atoms in total. The second-order valence-electron chi connectivity index (χ2n) is 4.30. The molecule has 1 atom stereocenters. The molecule has 0 amide bonds. The van der Waals surface area contributed by atoms with Crippen LogP contribution in [0.5, 0.6) is 0 Å². The minimum atomic E-state index is 0. The number of nitrogens with one attached hydrogen (secondary N) is 1. The second-order valence-corrected chi connectivity index (χ2v) is 5.22. The van der Waals surface area contributed by atoms with Gasteiger partial charge in [0.1, 0.15) is 11.2 Å². The number of rotatable bonds is 5. The molecule has 0 radical (unpaired) electrons. The number of thiophene rings is 1. The monoisotopic (exact) mass is 327 g/mol. The fourth-order valence-corrected chi connectivity index (χ4v) is 2.52. The van der Waals surface area contributed by atoms with Gasteiger partial charge in [-0.15, -0.1) is 28.8 Å². The maximum atomic E-state index is 5.33. The van der Waals surface area contributed by atoms with Crippen molar-refractivity contribution in [3.63, 3.8) is 0 Å². The predicted octanol–water partition coefficient (Wildman–Crippen LogP) is 1.35. The highest BCUT2D eigenvalue weighted by Crippen LogP contribution is 2.30. The molecule has 21 heavy (non-hydrogen) atoms. The Balaban J connectivity index is 0.00000161. The van der Waals surface area contributed by atoms with E-state index in [4.69, 9.17) is 4.52 Å². The van der Waals surface area contributed by atoms with Crippen LogP contribution in [0.1, 0.15) is 12.7 Å². The summed E-state index contributed by atoms with van der Waals surface area (Å²) in [6, 6.07) is 2.21. The molecule has 0 aliphatic rings. The van der Waals surface area contributed by atoms with Crippen LogP contribution in [-0.4, -0.2) is 43.4 Å². The average molecular weight is 328 g/mol. The van der Waals surface area contributed by atoms with E-state index in [2.05, 4.69) is 37.9 Å². The van der Waals surface area contributed by atoms with Crippen molar-refractivity contribution in [3.05, 3.63) is 23.6 Å². The van der Waals surface area contributed by atoms with Gasteiger partial charge in [0.05, 0.1) is 5.69 Å². The zero-order chi connectivity index (χ0) is 13.9. The van der Waals surface area contributed by atoms with Gasteiger partial charge in [-0.05, 0) is 35.8 Å². The quantitative estimate of drug-likeness (QED) is 0.755. The first kappa shape index (κ1) is 15.5. The Morgan fingerprint density at radius 3 is 3.05 bits per heavy atom. The molecule has 1 unspecified atom stereocenters. The number of hydrogen-bond acceptors (Lipinski definition) is 8. The standard InChI is InChI=1S/C11H13N7OS.ClH/c1-7(12-2)5-9-14-11(19-15-9)10-8(3-4-20-10)18-6-13-16-17-18;/h3-4,6-7,12H,5H2,1-2H3;1H. The average Bonchev–Trinajstić information content (AvgIpc) is 3.18. The highest BCUT2D eigenvalue weighted by Gasteiger charge is 2.17. The summed E-state index contributed by atoms with van der Waals surface area (Å²) < 4.78 is 6.91. The summed E-state index contributed by atoms with van der Waals surface area (Å²) in [5, 5.41) is 20.2. The summed E-state index contributed by atoms with van der Waals surface area (Å²) in [6.07, 6.45) is 2.25. The maximum Gasteiger partial charge on any atom is 0.270 e. The Bertz CT molecular complexity index is 680. The van der Waals surface area contributed by atoms with E-state index in [1.54, 1.807) is 4.68 Å². The molecule has 3 rings (SSSR count). The first-order valence-electron chi connectivity index (χ1n) is 6.09. The minimum absolute atomic E-state index is 0. The van der Waals surface area contributed by atoms with Crippen molar-refractivity contribution in [1.29, 1.82) is 0 Å². The molecule has 0 aliphatic carbocycles. The van der Waals surface area contributed by atoms with Crippen LogP contribution < -0.4 is 5.32 Å².